The van der Waals surface area contributed by atoms with Gasteiger partial charge in [-0.2, -0.15) is 5.26 Å². The predicted molar refractivity (Wildman–Crippen MR) is 131 cm³/mol. The van der Waals surface area contributed by atoms with Crippen molar-refractivity contribution < 1.29 is 14.3 Å². The van der Waals surface area contributed by atoms with Gasteiger partial charge in [0.15, 0.2) is 0 Å². The van der Waals surface area contributed by atoms with Gasteiger partial charge in [-0.1, -0.05) is 6.07 Å². The predicted octanol–water partition coefficient (Wildman–Crippen LogP) is 2.18. The highest BCUT2D eigenvalue weighted by molar-refractivity contribution is 7.99. The van der Waals surface area contributed by atoms with Gasteiger partial charge in [0, 0.05) is 29.5 Å². The Labute approximate surface area is 202 Å². The monoisotopic (exact) mass is 478 g/mol. The Balaban J connectivity index is 1.56. The van der Waals surface area contributed by atoms with Crippen LogP contribution in [-0.4, -0.2) is 64.5 Å². The van der Waals surface area contributed by atoms with E-state index in [1.807, 2.05) is 18.2 Å². The van der Waals surface area contributed by atoms with Gasteiger partial charge in [-0.05, 0) is 49.7 Å². The summed E-state index contributed by atoms with van der Waals surface area (Å²) in [6.07, 6.45) is 7.42. The molecule has 2 amide bonds. The maximum atomic E-state index is 13.0. The average molecular weight is 479 g/mol. The zero-order valence-electron chi connectivity index (χ0n) is 18.6. The van der Waals surface area contributed by atoms with Crippen molar-refractivity contribution in [3.8, 4) is 6.07 Å². The molecule has 0 bridgehead atoms. The lowest BCUT2D eigenvalue weighted by atomic mass is 10.0. The van der Waals surface area contributed by atoms with E-state index in [2.05, 4.69) is 16.4 Å². The van der Waals surface area contributed by atoms with Crippen LogP contribution in [0.2, 0.25) is 0 Å². The number of aliphatic imine (C=N–C) groups is 1. The van der Waals surface area contributed by atoms with Crippen LogP contribution in [0.15, 0.2) is 47.7 Å². The van der Waals surface area contributed by atoms with Gasteiger partial charge in [0.05, 0.1) is 35.3 Å². The number of carbonyl (C=O) groups is 2. The van der Waals surface area contributed by atoms with Crippen LogP contribution in [0.4, 0.5) is 0 Å². The van der Waals surface area contributed by atoms with E-state index in [1.165, 1.54) is 22.9 Å². The first-order valence-corrected chi connectivity index (χ1v) is 12.3. The fourth-order valence-corrected chi connectivity index (χ4v) is 5.04. The normalized spacial score (nSPS) is 21.0. The van der Waals surface area contributed by atoms with Gasteiger partial charge in [0.25, 0.3) is 5.91 Å². The highest BCUT2D eigenvalue weighted by Crippen LogP contribution is 2.22. The topological polar surface area (TPSA) is 134 Å². The van der Waals surface area contributed by atoms with Crippen LogP contribution in [0.25, 0.3) is 10.9 Å². The summed E-state index contributed by atoms with van der Waals surface area (Å²) in [5.74, 6) is 0.373. The number of carbonyl (C=O) groups excluding carboxylic acids is 2. The number of nitrogens with one attached hydrogen (secondary N) is 1. The number of hydrogen-bond donors (Lipinski definition) is 2. The van der Waals surface area contributed by atoms with Gasteiger partial charge in [-0.15, -0.1) is 11.8 Å². The zero-order chi connectivity index (χ0) is 23.9. The average Bonchev–Trinajstić information content (AvgIpc) is 3.36. The summed E-state index contributed by atoms with van der Waals surface area (Å²) < 4.78 is 5.74. The number of fused-ring (bicyclic) bond motifs is 1. The number of nitrogens with zero attached hydrogens (tertiary/aromatic N) is 4. The third kappa shape index (κ3) is 5.38. The maximum Gasteiger partial charge on any atom is 0.252 e. The quantitative estimate of drug-likeness (QED) is 0.608. The summed E-state index contributed by atoms with van der Waals surface area (Å²) in [7, 11) is 0. The van der Waals surface area contributed by atoms with Crippen molar-refractivity contribution in [2.75, 3.05) is 24.8 Å². The number of pyridine rings is 1. The van der Waals surface area contributed by atoms with E-state index in [1.54, 1.807) is 18.3 Å². The Kier molecular flexibility index (Phi) is 7.77. The summed E-state index contributed by atoms with van der Waals surface area (Å²) >= 11 is 1.52. The molecule has 1 aromatic carbocycles. The van der Waals surface area contributed by atoms with Crippen LogP contribution < -0.4 is 11.1 Å². The van der Waals surface area contributed by atoms with E-state index >= 15 is 0 Å². The van der Waals surface area contributed by atoms with E-state index in [-0.39, 0.29) is 24.6 Å². The van der Waals surface area contributed by atoms with Crippen LogP contribution in [0.1, 0.15) is 35.2 Å². The largest absolute Gasteiger partial charge is 0.405 e. The summed E-state index contributed by atoms with van der Waals surface area (Å²) in [6, 6.07) is 8.85. The molecule has 34 heavy (non-hydrogen) atoms. The Bertz CT molecular complexity index is 1170. The van der Waals surface area contributed by atoms with Crippen molar-refractivity contribution in [3.63, 3.8) is 0 Å². The number of ether oxygens (including phenoxy) is 1. The van der Waals surface area contributed by atoms with Crippen molar-refractivity contribution in [3.05, 3.63) is 53.9 Å². The number of nitrogens with two attached hydrogens (primary N) is 1. The standard InChI is InChI=1S/C24H26N6O3S/c25-8-6-20(29-22-3-1-2-10-33-22)16-4-5-21-19(11-16)18(7-9-27-21)24(32)28-13-23(31)30-15-34-14-17(30)12-26/h4-9,11,17,22H,1-3,10,13-15,25H2,(H,28,32)/b8-6-,29-20-. The minimum absolute atomic E-state index is 0.178. The molecule has 9 nitrogen and oxygen atoms in total. The first kappa shape index (κ1) is 23.7. The minimum atomic E-state index is -0.458. The number of benzene rings is 1. The molecule has 4 rings (SSSR count). The van der Waals surface area contributed by atoms with E-state index in [0.717, 1.165) is 24.8 Å². The molecule has 2 aliphatic rings. The highest BCUT2D eigenvalue weighted by Gasteiger charge is 2.29. The summed E-state index contributed by atoms with van der Waals surface area (Å²) in [5.41, 5.74) is 8.16. The molecule has 176 valence electrons. The minimum Gasteiger partial charge on any atom is -0.405 e. The van der Waals surface area contributed by atoms with Gasteiger partial charge in [0.2, 0.25) is 5.91 Å². The lowest BCUT2D eigenvalue weighted by Crippen LogP contribution is -2.42. The number of aromatic nitrogens is 1. The van der Waals surface area contributed by atoms with Crippen molar-refractivity contribution >= 4 is 40.2 Å². The summed E-state index contributed by atoms with van der Waals surface area (Å²) in [4.78, 5) is 36.1. The SMILES string of the molecule is N#CC1CSCN1C(=O)CNC(=O)c1ccnc2ccc(C(/C=C\N)=N\C3CCCCO3)cc12. The van der Waals surface area contributed by atoms with Crippen molar-refractivity contribution in [2.24, 2.45) is 10.7 Å². The smallest absolute Gasteiger partial charge is 0.252 e. The number of nitriles is 1. The molecule has 2 aromatic rings. The van der Waals surface area contributed by atoms with Crippen molar-refractivity contribution in [2.45, 2.75) is 31.5 Å². The fraction of sp³-hybridized carbons (Fsp3) is 0.375. The lowest BCUT2D eigenvalue weighted by Gasteiger charge is -2.20. The van der Waals surface area contributed by atoms with Gasteiger partial charge in [-0.3, -0.25) is 19.6 Å². The molecule has 1 aromatic heterocycles. The molecule has 10 heteroatoms. The van der Waals surface area contributed by atoms with Crippen molar-refractivity contribution in [1.29, 1.82) is 5.26 Å². The van der Waals surface area contributed by atoms with E-state index in [0.29, 0.717) is 40.4 Å². The fourth-order valence-electron chi connectivity index (χ4n) is 3.94. The number of thioether (sulfide) groups is 1. The second-order valence-electron chi connectivity index (χ2n) is 7.98. The molecule has 0 spiro atoms. The number of allylic oxidation sites excluding steroid dienone is 1. The Morgan fingerprint density at radius 2 is 2.26 bits per heavy atom. The van der Waals surface area contributed by atoms with Crippen LogP contribution >= 0.6 is 11.8 Å². The Morgan fingerprint density at radius 3 is 3.03 bits per heavy atom. The molecular formula is C24H26N6O3S. The summed E-state index contributed by atoms with van der Waals surface area (Å²) in [6.45, 7) is 0.506. The van der Waals surface area contributed by atoms with Crippen LogP contribution in [0, 0.1) is 11.3 Å². The second kappa shape index (κ2) is 11.1. The molecule has 0 radical (unpaired) electrons. The number of amides is 2. The zero-order valence-corrected chi connectivity index (χ0v) is 19.5. The van der Waals surface area contributed by atoms with E-state index < -0.39 is 6.04 Å². The molecule has 3 N–H and O–H groups in total. The van der Waals surface area contributed by atoms with Gasteiger partial charge < -0.3 is 20.7 Å². The third-order valence-corrected chi connectivity index (χ3v) is 6.74. The van der Waals surface area contributed by atoms with Gasteiger partial charge >= 0.3 is 0 Å². The van der Waals surface area contributed by atoms with Gasteiger partial charge in [-0.25, -0.2) is 0 Å². The molecule has 2 saturated heterocycles. The number of hydrogen-bond acceptors (Lipinski definition) is 8. The van der Waals surface area contributed by atoms with Crippen LogP contribution in [0.5, 0.6) is 0 Å². The van der Waals surface area contributed by atoms with E-state index in [4.69, 9.17) is 15.5 Å². The molecule has 2 fully saturated rings. The lowest BCUT2D eigenvalue weighted by molar-refractivity contribution is -0.129. The summed E-state index contributed by atoms with van der Waals surface area (Å²) in [5, 5.41) is 12.5. The molecule has 2 unspecified atom stereocenters. The maximum absolute atomic E-state index is 13.0. The molecule has 3 heterocycles. The first-order chi connectivity index (χ1) is 16.6. The Hall–Kier alpha value is -3.42. The molecule has 0 aliphatic carbocycles. The van der Waals surface area contributed by atoms with Crippen molar-refractivity contribution in [1.82, 2.24) is 15.2 Å². The van der Waals surface area contributed by atoms with Crippen LogP contribution in [0.3, 0.4) is 0 Å². The molecule has 2 atom stereocenters. The molecule has 2 aliphatic heterocycles. The van der Waals surface area contributed by atoms with Gasteiger partial charge in [0.1, 0.15) is 12.3 Å². The molecular weight excluding hydrogens is 452 g/mol. The molecule has 0 saturated carbocycles. The van der Waals surface area contributed by atoms with Crippen LogP contribution in [-0.2, 0) is 9.53 Å². The third-order valence-electron chi connectivity index (χ3n) is 5.73. The first-order valence-electron chi connectivity index (χ1n) is 11.1. The van der Waals surface area contributed by atoms with E-state index in [9.17, 15) is 14.9 Å². The number of rotatable bonds is 6. The second-order valence-corrected chi connectivity index (χ2v) is 8.98. The Morgan fingerprint density at radius 1 is 1.38 bits per heavy atom. The highest BCUT2D eigenvalue weighted by atomic mass is 32.2.